The van der Waals surface area contributed by atoms with Crippen molar-refractivity contribution >= 4 is 22.8 Å². The van der Waals surface area contributed by atoms with Gasteiger partial charge in [-0.1, -0.05) is 53.7 Å². The van der Waals surface area contributed by atoms with Gasteiger partial charge in [0.1, 0.15) is 5.75 Å². The number of carbonyl (C=O) groups is 1. The molecule has 0 bridgehead atoms. The monoisotopic (exact) mass is 368 g/mol. The number of para-hydroxylation sites is 1. The summed E-state index contributed by atoms with van der Waals surface area (Å²) >= 11 is 1.62. The molecule has 0 saturated carbocycles. The van der Waals surface area contributed by atoms with Gasteiger partial charge >= 0.3 is 0 Å². The van der Waals surface area contributed by atoms with Gasteiger partial charge in [0.25, 0.3) is 5.91 Å². The van der Waals surface area contributed by atoms with Crippen LogP contribution in [-0.4, -0.2) is 35.2 Å². The zero-order chi connectivity index (χ0) is 18.5. The Hall–Kier alpha value is -2.27. The van der Waals surface area contributed by atoms with Crippen LogP contribution in [0.5, 0.6) is 5.75 Å². The Balaban J connectivity index is 1.62. The van der Waals surface area contributed by atoms with Crippen molar-refractivity contribution in [1.29, 1.82) is 0 Å². The van der Waals surface area contributed by atoms with Crippen molar-refractivity contribution in [3.8, 4) is 5.75 Å². The first-order chi connectivity index (χ1) is 12.5. The van der Waals surface area contributed by atoms with Gasteiger partial charge in [-0.25, -0.2) is 0 Å². The SMILES string of the molecule is Cc1ccc(C)c(CSC2=NCCN2C(=O)C(C)Oc2ccccc2)c1. The van der Waals surface area contributed by atoms with E-state index in [4.69, 9.17) is 4.74 Å². The molecule has 1 aliphatic rings. The van der Waals surface area contributed by atoms with E-state index in [2.05, 4.69) is 37.0 Å². The maximum absolute atomic E-state index is 12.8. The second-order valence-electron chi connectivity index (χ2n) is 6.45. The number of hydrogen-bond donors (Lipinski definition) is 0. The third kappa shape index (κ3) is 4.47. The van der Waals surface area contributed by atoms with Crippen LogP contribution in [0, 0.1) is 13.8 Å². The lowest BCUT2D eigenvalue weighted by molar-refractivity contribution is -0.133. The van der Waals surface area contributed by atoms with Crippen LogP contribution in [0.25, 0.3) is 0 Å². The zero-order valence-electron chi connectivity index (χ0n) is 15.4. The summed E-state index contributed by atoms with van der Waals surface area (Å²) in [6.45, 7) is 7.28. The first-order valence-corrected chi connectivity index (χ1v) is 9.79. The van der Waals surface area contributed by atoms with Crippen LogP contribution in [0.2, 0.25) is 0 Å². The van der Waals surface area contributed by atoms with Crippen LogP contribution in [0.4, 0.5) is 0 Å². The lowest BCUT2D eigenvalue weighted by Crippen LogP contribution is -2.41. The van der Waals surface area contributed by atoms with Crippen molar-refractivity contribution in [2.45, 2.75) is 32.6 Å². The molecule has 0 radical (unpaired) electrons. The number of amidine groups is 1. The number of aliphatic imine (C=N–C) groups is 1. The highest BCUT2D eigenvalue weighted by Crippen LogP contribution is 2.23. The number of aryl methyl sites for hydroxylation is 2. The molecular weight excluding hydrogens is 344 g/mol. The van der Waals surface area contributed by atoms with Gasteiger partial charge in [-0.05, 0) is 44.0 Å². The van der Waals surface area contributed by atoms with Crippen molar-refractivity contribution in [2.75, 3.05) is 13.1 Å². The molecule has 2 aromatic carbocycles. The number of nitrogens with zero attached hydrogens (tertiary/aromatic N) is 2. The van der Waals surface area contributed by atoms with Crippen LogP contribution in [0.3, 0.4) is 0 Å². The summed E-state index contributed by atoms with van der Waals surface area (Å²) in [5.41, 5.74) is 3.79. The van der Waals surface area contributed by atoms with E-state index in [1.807, 2.05) is 30.3 Å². The first kappa shape index (κ1) is 18.5. The number of rotatable bonds is 5. The van der Waals surface area contributed by atoms with E-state index in [1.165, 1.54) is 16.7 Å². The topological polar surface area (TPSA) is 41.9 Å². The third-order valence-corrected chi connectivity index (χ3v) is 5.40. The minimum atomic E-state index is -0.540. The number of carbonyl (C=O) groups excluding carboxylic acids is 1. The lowest BCUT2D eigenvalue weighted by Gasteiger charge is -2.22. The minimum Gasteiger partial charge on any atom is -0.481 e. The number of benzene rings is 2. The second kappa shape index (κ2) is 8.41. The number of hydrogen-bond acceptors (Lipinski definition) is 4. The number of thioether (sulfide) groups is 1. The lowest BCUT2D eigenvalue weighted by atomic mass is 10.1. The van der Waals surface area contributed by atoms with E-state index in [0.29, 0.717) is 18.8 Å². The summed E-state index contributed by atoms with van der Waals surface area (Å²) in [6, 6.07) is 15.9. The van der Waals surface area contributed by atoms with E-state index in [9.17, 15) is 4.79 Å². The molecule has 4 nitrogen and oxygen atoms in total. The van der Waals surface area contributed by atoms with Gasteiger partial charge in [0.2, 0.25) is 0 Å². The fraction of sp³-hybridized carbons (Fsp3) is 0.333. The maximum atomic E-state index is 12.8. The van der Waals surface area contributed by atoms with Gasteiger partial charge in [0.05, 0.1) is 6.54 Å². The normalized spacial score (nSPS) is 14.9. The molecule has 0 aliphatic carbocycles. The molecule has 1 heterocycles. The van der Waals surface area contributed by atoms with Gasteiger partial charge in [0, 0.05) is 12.3 Å². The Kier molecular flexibility index (Phi) is 5.99. The molecule has 0 fully saturated rings. The van der Waals surface area contributed by atoms with E-state index >= 15 is 0 Å². The molecule has 1 unspecified atom stereocenters. The predicted octanol–water partition coefficient (Wildman–Crippen LogP) is 4.20. The summed E-state index contributed by atoms with van der Waals surface area (Å²) in [7, 11) is 0. The average Bonchev–Trinajstić information content (AvgIpc) is 3.11. The van der Waals surface area contributed by atoms with Crippen molar-refractivity contribution in [1.82, 2.24) is 4.90 Å². The van der Waals surface area contributed by atoms with Gasteiger partial charge in [-0.2, -0.15) is 0 Å². The molecule has 0 aromatic heterocycles. The van der Waals surface area contributed by atoms with Crippen molar-refractivity contribution < 1.29 is 9.53 Å². The molecule has 3 rings (SSSR count). The largest absolute Gasteiger partial charge is 0.481 e. The summed E-state index contributed by atoms with van der Waals surface area (Å²) in [5, 5.41) is 0.791. The number of ether oxygens (including phenoxy) is 1. The van der Waals surface area contributed by atoms with Crippen LogP contribution in [-0.2, 0) is 10.5 Å². The average molecular weight is 369 g/mol. The molecule has 1 amide bonds. The summed E-state index contributed by atoms with van der Waals surface area (Å²) in [5.74, 6) is 1.47. The van der Waals surface area contributed by atoms with Crippen LogP contribution < -0.4 is 4.74 Å². The molecule has 0 spiro atoms. The van der Waals surface area contributed by atoms with E-state index in [1.54, 1.807) is 23.6 Å². The molecule has 136 valence electrons. The fourth-order valence-electron chi connectivity index (χ4n) is 2.83. The molecule has 2 aromatic rings. The highest BCUT2D eigenvalue weighted by molar-refractivity contribution is 8.13. The van der Waals surface area contributed by atoms with Gasteiger partial charge < -0.3 is 4.74 Å². The molecule has 0 N–H and O–H groups in total. The van der Waals surface area contributed by atoms with E-state index in [0.717, 1.165) is 10.9 Å². The van der Waals surface area contributed by atoms with Gasteiger partial charge in [-0.3, -0.25) is 14.7 Å². The fourth-order valence-corrected chi connectivity index (χ4v) is 3.94. The first-order valence-electron chi connectivity index (χ1n) is 8.81. The van der Waals surface area contributed by atoms with E-state index in [-0.39, 0.29) is 5.91 Å². The highest BCUT2D eigenvalue weighted by atomic mass is 32.2. The van der Waals surface area contributed by atoms with Crippen molar-refractivity contribution in [2.24, 2.45) is 4.99 Å². The highest BCUT2D eigenvalue weighted by Gasteiger charge is 2.29. The zero-order valence-corrected chi connectivity index (χ0v) is 16.3. The van der Waals surface area contributed by atoms with Crippen LogP contribution in [0.15, 0.2) is 53.5 Å². The predicted molar refractivity (Wildman–Crippen MR) is 108 cm³/mol. The summed E-state index contributed by atoms with van der Waals surface area (Å²) < 4.78 is 5.78. The Morgan fingerprint density at radius 1 is 1.23 bits per heavy atom. The number of amides is 1. The Labute approximate surface area is 159 Å². The molecule has 1 aliphatic heterocycles. The smallest absolute Gasteiger partial charge is 0.269 e. The standard InChI is InChI=1S/C21H24N2O2S/c1-15-9-10-16(2)18(13-15)14-26-21-22-11-12-23(21)20(24)17(3)25-19-7-5-4-6-8-19/h4-10,13,17H,11-12,14H2,1-3H3. The van der Waals surface area contributed by atoms with Crippen molar-refractivity contribution in [3.63, 3.8) is 0 Å². The van der Waals surface area contributed by atoms with Crippen LogP contribution in [0.1, 0.15) is 23.6 Å². The van der Waals surface area contributed by atoms with Crippen LogP contribution >= 0.6 is 11.8 Å². The molecule has 1 atom stereocenters. The molecule has 5 heteroatoms. The Morgan fingerprint density at radius 2 is 2.00 bits per heavy atom. The summed E-state index contributed by atoms with van der Waals surface area (Å²) in [4.78, 5) is 19.1. The molecule has 26 heavy (non-hydrogen) atoms. The Bertz CT molecular complexity index is 805. The molecule has 0 saturated heterocycles. The quantitative estimate of drug-likeness (QED) is 0.794. The minimum absolute atomic E-state index is 0.0430. The van der Waals surface area contributed by atoms with Gasteiger partial charge in [0.15, 0.2) is 11.3 Å². The van der Waals surface area contributed by atoms with Gasteiger partial charge in [-0.15, -0.1) is 0 Å². The third-order valence-electron chi connectivity index (χ3n) is 4.33. The van der Waals surface area contributed by atoms with E-state index < -0.39 is 6.10 Å². The van der Waals surface area contributed by atoms with Crippen molar-refractivity contribution in [3.05, 3.63) is 65.2 Å². The molecular formula is C21H24N2O2S. The Morgan fingerprint density at radius 3 is 2.77 bits per heavy atom. The summed E-state index contributed by atoms with van der Waals surface area (Å²) in [6.07, 6.45) is -0.540. The second-order valence-corrected chi connectivity index (χ2v) is 7.39. The maximum Gasteiger partial charge on any atom is 0.269 e.